The van der Waals surface area contributed by atoms with Gasteiger partial charge < -0.3 is 5.09 Å². The van der Waals surface area contributed by atoms with E-state index in [2.05, 4.69) is 5.09 Å². The van der Waals surface area contributed by atoms with Gasteiger partial charge in [0.2, 0.25) is 0 Å². The topological polar surface area (TPSA) is 55.4 Å². The molecule has 0 aromatic heterocycles. The van der Waals surface area contributed by atoms with Gasteiger partial charge >= 0.3 is 7.52 Å². The Bertz CT molecular complexity index is 1220. The molecule has 0 radical (unpaired) electrons. The second-order valence-electron chi connectivity index (χ2n) is 7.67. The number of aryl methyl sites for hydroxylation is 2. The van der Waals surface area contributed by atoms with Crippen LogP contribution >= 0.6 is 14.9 Å². The molecule has 0 aliphatic heterocycles. The fourth-order valence-electron chi connectivity index (χ4n) is 3.33. The number of rotatable bonds is 7. The molecule has 0 amide bonds. The number of anilines is 1. The third kappa shape index (κ3) is 4.79. The molecule has 4 nitrogen and oxygen atoms in total. The van der Waals surface area contributed by atoms with Crippen LogP contribution in [0.3, 0.4) is 0 Å². The van der Waals surface area contributed by atoms with E-state index in [4.69, 9.17) is 4.31 Å². The first kappa shape index (κ1) is 22.3. The van der Waals surface area contributed by atoms with Gasteiger partial charge in [0.05, 0.1) is 5.30 Å². The average Bonchev–Trinajstić information content (AvgIpc) is 2.81. The van der Waals surface area contributed by atoms with Crippen molar-refractivity contribution in [3.8, 4) is 0 Å². The highest BCUT2D eigenvalue weighted by molar-refractivity contribution is 7.84. The minimum atomic E-state index is -3.78. The second-order valence-corrected chi connectivity index (χ2v) is 12.3. The van der Waals surface area contributed by atoms with Gasteiger partial charge in [0.1, 0.15) is 0 Å². The molecule has 1 N–H and O–H groups in total. The molecule has 4 rings (SSSR count). The monoisotopic (exact) mass is 461 g/mol. The van der Waals surface area contributed by atoms with E-state index >= 15 is 0 Å². The number of hydrogen-bond donors (Lipinski definition) is 1. The van der Waals surface area contributed by atoms with Gasteiger partial charge in [-0.15, -0.1) is 0 Å². The van der Waals surface area contributed by atoms with Crippen molar-refractivity contribution in [2.75, 3.05) is 5.09 Å². The van der Waals surface area contributed by atoms with Crippen LogP contribution in [0.1, 0.15) is 11.1 Å². The molecule has 32 heavy (non-hydrogen) atoms. The Morgan fingerprint density at radius 3 is 1.47 bits per heavy atom. The van der Waals surface area contributed by atoms with Gasteiger partial charge in [-0.2, -0.15) is 0 Å². The first-order valence-corrected chi connectivity index (χ1v) is 13.6. The van der Waals surface area contributed by atoms with Crippen LogP contribution in [0, 0.1) is 13.8 Å². The van der Waals surface area contributed by atoms with Crippen LogP contribution in [0.15, 0.2) is 109 Å². The summed E-state index contributed by atoms with van der Waals surface area (Å²) in [4.78, 5) is 0. The molecule has 4 aromatic rings. The minimum absolute atomic E-state index is 0.448. The highest BCUT2D eigenvalue weighted by Crippen LogP contribution is 2.61. The van der Waals surface area contributed by atoms with Gasteiger partial charge in [0.25, 0.3) is 7.37 Å². The van der Waals surface area contributed by atoms with Crippen molar-refractivity contribution in [3.63, 3.8) is 0 Å². The Balaban J connectivity index is 1.87. The molecular formula is C26H25NO3P2. The smallest absolute Gasteiger partial charge is 0.312 e. The SMILES string of the molecule is Cc1ccc(P(=O)(OP(=O)(Nc2ccccc2)c2ccccc2)c2ccc(C)cc2)cc1. The van der Waals surface area contributed by atoms with Crippen molar-refractivity contribution in [1.29, 1.82) is 0 Å². The molecule has 0 saturated carbocycles. The minimum Gasteiger partial charge on any atom is -0.312 e. The Morgan fingerprint density at radius 1 is 0.562 bits per heavy atom. The maximum Gasteiger partial charge on any atom is 0.329 e. The maximum atomic E-state index is 14.6. The summed E-state index contributed by atoms with van der Waals surface area (Å²) in [5.74, 6) is 0. The van der Waals surface area contributed by atoms with Crippen molar-refractivity contribution >= 4 is 36.5 Å². The largest absolute Gasteiger partial charge is 0.329 e. The predicted molar refractivity (Wildman–Crippen MR) is 134 cm³/mol. The van der Waals surface area contributed by atoms with Crippen LogP contribution in [0.4, 0.5) is 5.69 Å². The molecule has 162 valence electrons. The van der Waals surface area contributed by atoms with E-state index in [0.717, 1.165) is 11.1 Å². The lowest BCUT2D eigenvalue weighted by molar-refractivity contribution is 0.482. The molecule has 0 aliphatic carbocycles. The van der Waals surface area contributed by atoms with Crippen LogP contribution in [0.5, 0.6) is 0 Å². The lowest BCUT2D eigenvalue weighted by Gasteiger charge is -2.27. The number of nitrogens with one attached hydrogen (secondary N) is 1. The van der Waals surface area contributed by atoms with E-state index in [1.807, 2.05) is 74.5 Å². The Kier molecular flexibility index (Phi) is 6.48. The van der Waals surface area contributed by atoms with Crippen LogP contribution in [0.25, 0.3) is 0 Å². The van der Waals surface area contributed by atoms with Gasteiger partial charge in [-0.1, -0.05) is 71.8 Å². The summed E-state index contributed by atoms with van der Waals surface area (Å²) < 4.78 is 35.2. The van der Waals surface area contributed by atoms with Gasteiger partial charge in [0, 0.05) is 16.3 Å². The van der Waals surface area contributed by atoms with Gasteiger partial charge in [-0.05, 0) is 62.4 Å². The standard InChI is InChI=1S/C26H25NO3P2/c1-21-13-17-24(18-14-21)31(28,25-19-15-22(2)16-20-25)30-32(29,26-11-7-4-8-12-26)27-23-9-5-3-6-10-23/h3-20H,1-2H3,(H,27,29). The Morgan fingerprint density at radius 2 is 1.00 bits per heavy atom. The van der Waals surface area contributed by atoms with Gasteiger partial charge in [-0.25, -0.2) is 4.31 Å². The molecule has 0 aliphatic rings. The Hall–Kier alpha value is -2.90. The molecule has 0 heterocycles. The van der Waals surface area contributed by atoms with E-state index in [9.17, 15) is 9.13 Å². The van der Waals surface area contributed by atoms with Crippen LogP contribution in [-0.4, -0.2) is 0 Å². The Labute approximate surface area is 189 Å². The molecule has 0 bridgehead atoms. The maximum absolute atomic E-state index is 14.6. The molecule has 1 atom stereocenters. The number of hydrogen-bond acceptors (Lipinski definition) is 3. The van der Waals surface area contributed by atoms with Crippen molar-refractivity contribution in [2.45, 2.75) is 13.8 Å². The van der Waals surface area contributed by atoms with Crippen molar-refractivity contribution in [1.82, 2.24) is 0 Å². The number of para-hydroxylation sites is 1. The molecule has 0 spiro atoms. The molecule has 0 fully saturated rings. The second kappa shape index (κ2) is 9.30. The normalized spacial score (nSPS) is 13.3. The van der Waals surface area contributed by atoms with Crippen LogP contribution in [0.2, 0.25) is 0 Å². The molecular weight excluding hydrogens is 436 g/mol. The summed E-state index contributed by atoms with van der Waals surface area (Å²) in [5, 5.41) is 4.49. The fourth-order valence-corrected chi connectivity index (χ4v) is 8.48. The number of benzene rings is 4. The first-order valence-electron chi connectivity index (χ1n) is 10.3. The highest BCUT2D eigenvalue weighted by Gasteiger charge is 2.39. The van der Waals surface area contributed by atoms with E-state index in [-0.39, 0.29) is 0 Å². The summed E-state index contributed by atoms with van der Waals surface area (Å²) in [5.41, 5.74) is 2.70. The molecule has 6 heteroatoms. The summed E-state index contributed by atoms with van der Waals surface area (Å²) in [6.07, 6.45) is 0. The van der Waals surface area contributed by atoms with Crippen LogP contribution < -0.4 is 21.0 Å². The van der Waals surface area contributed by atoms with Crippen molar-refractivity contribution in [2.24, 2.45) is 0 Å². The van der Waals surface area contributed by atoms with Gasteiger partial charge in [-0.3, -0.25) is 9.13 Å². The average molecular weight is 461 g/mol. The van der Waals surface area contributed by atoms with E-state index in [1.165, 1.54) is 0 Å². The predicted octanol–water partition coefficient (Wildman–Crippen LogP) is 6.18. The van der Waals surface area contributed by atoms with Gasteiger partial charge in [0.15, 0.2) is 0 Å². The van der Waals surface area contributed by atoms with E-state index in [0.29, 0.717) is 21.6 Å². The summed E-state index contributed by atoms with van der Waals surface area (Å²) in [6, 6.07) is 32.8. The molecule has 1 unspecified atom stereocenters. The quantitative estimate of drug-likeness (QED) is 0.334. The summed E-state index contributed by atoms with van der Waals surface area (Å²) in [6.45, 7) is 3.93. The zero-order valence-corrected chi connectivity index (χ0v) is 19.8. The van der Waals surface area contributed by atoms with Crippen LogP contribution in [-0.2, 0) is 13.4 Å². The summed E-state index contributed by atoms with van der Waals surface area (Å²) in [7, 11) is -7.50. The lowest BCUT2D eigenvalue weighted by atomic mass is 10.2. The zero-order chi connectivity index (χ0) is 22.6. The van der Waals surface area contributed by atoms with E-state index in [1.54, 1.807) is 48.5 Å². The summed E-state index contributed by atoms with van der Waals surface area (Å²) >= 11 is 0. The van der Waals surface area contributed by atoms with E-state index < -0.39 is 14.9 Å². The third-order valence-corrected chi connectivity index (χ3v) is 10.5. The van der Waals surface area contributed by atoms with Crippen molar-refractivity contribution in [3.05, 3.63) is 120 Å². The van der Waals surface area contributed by atoms with Crippen molar-refractivity contribution < 1.29 is 13.4 Å². The first-order chi connectivity index (χ1) is 15.4. The lowest BCUT2D eigenvalue weighted by Crippen LogP contribution is -2.22. The fraction of sp³-hybridized carbons (Fsp3) is 0.0769. The molecule has 4 aromatic carbocycles. The zero-order valence-electron chi connectivity index (χ0n) is 18.0. The third-order valence-electron chi connectivity index (χ3n) is 5.12. The highest BCUT2D eigenvalue weighted by atomic mass is 31.2. The molecule has 0 saturated heterocycles.